The third-order valence-electron chi connectivity index (χ3n) is 5.45. The Morgan fingerprint density at radius 1 is 1.15 bits per heavy atom. The molecule has 2 aromatic rings. The zero-order chi connectivity index (χ0) is 19.2. The average Bonchev–Trinajstić information content (AvgIpc) is 2.70. The van der Waals surface area contributed by atoms with Crippen LogP contribution in [-0.2, 0) is 6.54 Å². The van der Waals surface area contributed by atoms with Crippen LogP contribution in [0.5, 0.6) is 5.75 Å². The lowest BCUT2D eigenvalue weighted by atomic mass is 9.99. The molecule has 1 fully saturated rings. The summed E-state index contributed by atoms with van der Waals surface area (Å²) in [7, 11) is 1.65. The standard InChI is InChI=1S/C23H30N2O2/c1-17-12-14-25(15-13-17)16-19-8-10-20(11-9-19)23(26)24-18(2)21-6-4-5-7-22(21)27-3/h4-11,17-18H,12-16H2,1-3H3,(H,24,26)/t18-/m1/s1. The Labute approximate surface area is 162 Å². The van der Waals surface area contributed by atoms with Gasteiger partial charge in [0.2, 0.25) is 0 Å². The molecule has 1 saturated heterocycles. The molecule has 144 valence electrons. The Bertz CT molecular complexity index is 749. The number of carbonyl (C=O) groups is 1. The molecule has 1 aliphatic heterocycles. The van der Waals surface area contributed by atoms with E-state index >= 15 is 0 Å². The van der Waals surface area contributed by atoms with Crippen molar-refractivity contribution in [2.24, 2.45) is 5.92 Å². The highest BCUT2D eigenvalue weighted by atomic mass is 16.5. The van der Waals surface area contributed by atoms with E-state index in [2.05, 4.69) is 29.3 Å². The van der Waals surface area contributed by atoms with Gasteiger partial charge in [-0.3, -0.25) is 9.69 Å². The number of piperidine rings is 1. The number of nitrogens with zero attached hydrogens (tertiary/aromatic N) is 1. The molecule has 0 saturated carbocycles. The van der Waals surface area contributed by atoms with Crippen molar-refractivity contribution in [2.45, 2.75) is 39.3 Å². The van der Waals surface area contributed by atoms with Gasteiger partial charge in [0, 0.05) is 17.7 Å². The smallest absolute Gasteiger partial charge is 0.251 e. The van der Waals surface area contributed by atoms with Gasteiger partial charge in [-0.2, -0.15) is 0 Å². The zero-order valence-electron chi connectivity index (χ0n) is 16.6. The second-order valence-electron chi connectivity index (χ2n) is 7.59. The molecule has 1 heterocycles. The summed E-state index contributed by atoms with van der Waals surface area (Å²) in [5.74, 6) is 1.57. The molecule has 1 N–H and O–H groups in total. The minimum Gasteiger partial charge on any atom is -0.496 e. The average molecular weight is 367 g/mol. The molecule has 1 atom stereocenters. The van der Waals surface area contributed by atoms with Crippen LogP contribution in [0.1, 0.15) is 54.2 Å². The quantitative estimate of drug-likeness (QED) is 0.823. The van der Waals surface area contributed by atoms with E-state index in [1.807, 2.05) is 43.3 Å². The van der Waals surface area contributed by atoms with Crippen LogP contribution in [0, 0.1) is 5.92 Å². The fourth-order valence-electron chi connectivity index (χ4n) is 3.62. The fraction of sp³-hybridized carbons (Fsp3) is 0.435. The second kappa shape index (κ2) is 9.05. The maximum atomic E-state index is 12.6. The number of methoxy groups -OCH3 is 1. The Kier molecular flexibility index (Phi) is 6.51. The van der Waals surface area contributed by atoms with Crippen molar-refractivity contribution in [3.05, 3.63) is 65.2 Å². The number of hydrogen-bond donors (Lipinski definition) is 1. The van der Waals surface area contributed by atoms with Crippen molar-refractivity contribution in [3.63, 3.8) is 0 Å². The fourth-order valence-corrected chi connectivity index (χ4v) is 3.62. The van der Waals surface area contributed by atoms with E-state index in [4.69, 9.17) is 4.74 Å². The summed E-state index contributed by atoms with van der Waals surface area (Å²) < 4.78 is 5.39. The number of rotatable bonds is 6. The van der Waals surface area contributed by atoms with E-state index in [1.165, 1.54) is 31.5 Å². The van der Waals surface area contributed by atoms with Gasteiger partial charge in [0.15, 0.2) is 0 Å². The van der Waals surface area contributed by atoms with Crippen LogP contribution in [0.25, 0.3) is 0 Å². The van der Waals surface area contributed by atoms with Gasteiger partial charge < -0.3 is 10.1 Å². The Hall–Kier alpha value is -2.33. The van der Waals surface area contributed by atoms with Gasteiger partial charge in [-0.1, -0.05) is 37.3 Å². The summed E-state index contributed by atoms with van der Waals surface area (Å²) in [5.41, 5.74) is 2.93. The minimum atomic E-state index is -0.122. The van der Waals surface area contributed by atoms with E-state index in [1.54, 1.807) is 7.11 Å². The van der Waals surface area contributed by atoms with Crippen molar-refractivity contribution < 1.29 is 9.53 Å². The first kappa shape index (κ1) is 19.4. The lowest BCUT2D eigenvalue weighted by molar-refractivity contribution is 0.0939. The molecule has 27 heavy (non-hydrogen) atoms. The van der Waals surface area contributed by atoms with E-state index < -0.39 is 0 Å². The molecule has 0 radical (unpaired) electrons. The minimum absolute atomic E-state index is 0.0632. The first-order valence-corrected chi connectivity index (χ1v) is 9.82. The number of carbonyl (C=O) groups excluding carboxylic acids is 1. The highest BCUT2D eigenvalue weighted by Gasteiger charge is 2.17. The lowest BCUT2D eigenvalue weighted by Gasteiger charge is -2.30. The van der Waals surface area contributed by atoms with Crippen molar-refractivity contribution >= 4 is 5.91 Å². The lowest BCUT2D eigenvalue weighted by Crippen LogP contribution is -2.32. The van der Waals surface area contributed by atoms with Gasteiger partial charge in [0.05, 0.1) is 13.2 Å². The Morgan fingerprint density at radius 2 is 1.81 bits per heavy atom. The SMILES string of the molecule is COc1ccccc1[C@@H](C)NC(=O)c1ccc(CN2CCC(C)CC2)cc1. The molecular formula is C23H30N2O2. The highest BCUT2D eigenvalue weighted by Crippen LogP contribution is 2.24. The molecule has 1 amide bonds. The van der Waals surface area contributed by atoms with Crippen LogP contribution in [0.2, 0.25) is 0 Å². The maximum absolute atomic E-state index is 12.6. The van der Waals surface area contributed by atoms with Crippen LogP contribution in [0.15, 0.2) is 48.5 Å². The molecule has 4 nitrogen and oxygen atoms in total. The van der Waals surface area contributed by atoms with E-state index in [9.17, 15) is 4.79 Å². The molecule has 3 rings (SSSR count). The van der Waals surface area contributed by atoms with Crippen molar-refractivity contribution in [1.82, 2.24) is 10.2 Å². The monoisotopic (exact) mass is 366 g/mol. The maximum Gasteiger partial charge on any atom is 0.251 e. The summed E-state index contributed by atoms with van der Waals surface area (Å²) in [6, 6.07) is 15.6. The van der Waals surface area contributed by atoms with E-state index in [0.717, 1.165) is 23.8 Å². The molecule has 0 aliphatic carbocycles. The molecule has 1 aliphatic rings. The van der Waals surface area contributed by atoms with Gasteiger partial charge in [0.1, 0.15) is 5.75 Å². The van der Waals surface area contributed by atoms with Gasteiger partial charge in [-0.15, -0.1) is 0 Å². The van der Waals surface area contributed by atoms with Crippen LogP contribution in [-0.4, -0.2) is 31.0 Å². The first-order chi connectivity index (χ1) is 13.1. The van der Waals surface area contributed by atoms with Crippen molar-refractivity contribution in [1.29, 1.82) is 0 Å². The number of para-hydroxylation sites is 1. The summed E-state index contributed by atoms with van der Waals surface area (Å²) in [6.45, 7) is 7.60. The van der Waals surface area contributed by atoms with Crippen molar-refractivity contribution in [3.8, 4) is 5.75 Å². The van der Waals surface area contributed by atoms with Crippen molar-refractivity contribution in [2.75, 3.05) is 20.2 Å². The number of nitrogens with one attached hydrogen (secondary N) is 1. The van der Waals surface area contributed by atoms with Crippen LogP contribution in [0.4, 0.5) is 0 Å². The van der Waals surface area contributed by atoms with Crippen LogP contribution in [0.3, 0.4) is 0 Å². The molecule has 0 spiro atoms. The summed E-state index contributed by atoms with van der Waals surface area (Å²) in [4.78, 5) is 15.1. The number of amides is 1. The normalized spacial score (nSPS) is 16.7. The second-order valence-corrected chi connectivity index (χ2v) is 7.59. The zero-order valence-corrected chi connectivity index (χ0v) is 16.6. The predicted molar refractivity (Wildman–Crippen MR) is 109 cm³/mol. The highest BCUT2D eigenvalue weighted by molar-refractivity contribution is 5.94. The number of ether oxygens (including phenoxy) is 1. The number of likely N-dealkylation sites (tertiary alicyclic amines) is 1. The molecule has 2 aromatic carbocycles. The Balaban J connectivity index is 1.58. The number of hydrogen-bond acceptors (Lipinski definition) is 3. The van der Waals surface area contributed by atoms with E-state index in [-0.39, 0.29) is 11.9 Å². The van der Waals surface area contributed by atoms with Gasteiger partial charge >= 0.3 is 0 Å². The Morgan fingerprint density at radius 3 is 2.48 bits per heavy atom. The molecule has 0 unspecified atom stereocenters. The third-order valence-corrected chi connectivity index (χ3v) is 5.45. The number of benzene rings is 2. The summed E-state index contributed by atoms with van der Waals surface area (Å²) in [6.07, 6.45) is 2.56. The molecule has 0 aromatic heterocycles. The largest absolute Gasteiger partial charge is 0.496 e. The van der Waals surface area contributed by atoms with Gasteiger partial charge in [-0.25, -0.2) is 0 Å². The van der Waals surface area contributed by atoms with E-state index in [0.29, 0.717) is 5.56 Å². The topological polar surface area (TPSA) is 41.6 Å². The molecule has 0 bridgehead atoms. The molecular weight excluding hydrogens is 336 g/mol. The first-order valence-electron chi connectivity index (χ1n) is 9.82. The predicted octanol–water partition coefficient (Wildman–Crippen LogP) is 4.42. The summed E-state index contributed by atoms with van der Waals surface area (Å²) in [5, 5.41) is 3.06. The van der Waals surface area contributed by atoms with Gasteiger partial charge in [0.25, 0.3) is 5.91 Å². The van der Waals surface area contributed by atoms with Crippen LogP contribution >= 0.6 is 0 Å². The third kappa shape index (κ3) is 5.10. The molecule has 4 heteroatoms. The van der Waals surface area contributed by atoms with Gasteiger partial charge in [-0.05, 0) is 62.5 Å². The summed E-state index contributed by atoms with van der Waals surface area (Å²) >= 11 is 0. The van der Waals surface area contributed by atoms with Crippen LogP contribution < -0.4 is 10.1 Å².